The van der Waals surface area contributed by atoms with Gasteiger partial charge in [0.1, 0.15) is 0 Å². The summed E-state index contributed by atoms with van der Waals surface area (Å²) >= 11 is 8.54. The minimum Gasteiger partial charge on any atom is -0.166 e. The van der Waals surface area contributed by atoms with Crippen molar-refractivity contribution in [3.8, 4) is 0 Å². The fourth-order valence-electron chi connectivity index (χ4n) is 1.61. The Morgan fingerprint density at radius 3 is 2.16 bits per heavy atom. The third kappa shape index (κ3) is 3.41. The van der Waals surface area contributed by atoms with Crippen LogP contribution in [0.25, 0.3) is 0 Å². The number of alkyl halides is 4. The van der Waals surface area contributed by atoms with Crippen LogP contribution in [0.15, 0.2) is 34.1 Å². The van der Waals surface area contributed by atoms with Gasteiger partial charge in [-0.2, -0.15) is 13.2 Å². The van der Waals surface area contributed by atoms with Gasteiger partial charge in [-0.25, -0.2) is 0 Å². The highest BCUT2D eigenvalue weighted by Gasteiger charge is 2.30. The number of aryl methyl sites for hydroxylation is 1. The maximum absolute atomic E-state index is 12.5. The van der Waals surface area contributed by atoms with Crippen LogP contribution in [0.4, 0.5) is 13.2 Å². The van der Waals surface area contributed by atoms with Gasteiger partial charge >= 0.3 is 6.18 Å². The van der Waals surface area contributed by atoms with Crippen LogP contribution in [0.2, 0.25) is 0 Å². The molecule has 0 saturated heterocycles. The van der Waals surface area contributed by atoms with E-state index in [1.807, 2.05) is 13.0 Å². The van der Waals surface area contributed by atoms with Crippen LogP contribution < -0.4 is 0 Å². The molecule has 0 aliphatic rings. The first-order chi connectivity index (χ1) is 8.79. The summed E-state index contributed by atoms with van der Waals surface area (Å²) in [4.78, 5) is 0.967. The molecule has 1 aromatic carbocycles. The highest BCUT2D eigenvalue weighted by Crippen LogP contribution is 2.39. The van der Waals surface area contributed by atoms with Crippen molar-refractivity contribution in [1.29, 1.82) is 0 Å². The Bertz CT molecular complexity index is 553. The first-order valence-corrected chi connectivity index (χ1v) is 7.88. The number of rotatable bonds is 2. The molecule has 19 heavy (non-hydrogen) atoms. The topological polar surface area (TPSA) is 0 Å². The Hall–Kier alpha value is -0.330. The second-order valence-electron chi connectivity index (χ2n) is 4.09. The maximum Gasteiger partial charge on any atom is 0.416 e. The largest absolute Gasteiger partial charge is 0.416 e. The normalized spacial score (nSPS) is 13.6. The van der Waals surface area contributed by atoms with Crippen molar-refractivity contribution in [1.82, 2.24) is 0 Å². The monoisotopic (exact) mass is 412 g/mol. The molecular formula is C13H9Br2F3S. The molecule has 0 N–H and O–H groups in total. The fourth-order valence-corrected chi connectivity index (χ4v) is 3.91. The molecule has 0 fully saturated rings. The SMILES string of the molecule is Cc1cc(C(Br)c2ccc(C(F)(F)F)cc2)sc1Br. The molecule has 102 valence electrons. The van der Waals surface area contributed by atoms with Crippen LogP contribution >= 0.6 is 43.2 Å². The summed E-state index contributed by atoms with van der Waals surface area (Å²) in [6.45, 7) is 1.98. The molecule has 1 heterocycles. The predicted molar refractivity (Wildman–Crippen MR) is 79.0 cm³/mol. The molecule has 1 unspecified atom stereocenters. The van der Waals surface area contributed by atoms with Gasteiger partial charge < -0.3 is 0 Å². The lowest BCUT2D eigenvalue weighted by Gasteiger charge is -2.10. The van der Waals surface area contributed by atoms with E-state index in [9.17, 15) is 13.2 Å². The van der Waals surface area contributed by atoms with Gasteiger partial charge in [-0.1, -0.05) is 28.1 Å². The van der Waals surface area contributed by atoms with Crippen LogP contribution in [0.1, 0.15) is 26.4 Å². The quantitative estimate of drug-likeness (QED) is 0.505. The summed E-state index contributed by atoms with van der Waals surface area (Å²) < 4.78 is 38.5. The van der Waals surface area contributed by atoms with Crippen LogP contribution in [-0.4, -0.2) is 0 Å². The fraction of sp³-hybridized carbons (Fsp3) is 0.231. The Balaban J connectivity index is 2.27. The van der Waals surface area contributed by atoms with Crippen LogP contribution in [0.5, 0.6) is 0 Å². The number of benzene rings is 1. The van der Waals surface area contributed by atoms with Gasteiger partial charge in [0, 0.05) is 4.88 Å². The minimum absolute atomic E-state index is 0.0928. The van der Waals surface area contributed by atoms with Gasteiger partial charge in [-0.3, -0.25) is 0 Å². The lowest BCUT2D eigenvalue weighted by Crippen LogP contribution is -2.04. The number of hydrogen-bond acceptors (Lipinski definition) is 1. The van der Waals surface area contributed by atoms with E-state index in [1.165, 1.54) is 12.1 Å². The van der Waals surface area contributed by atoms with E-state index in [0.29, 0.717) is 0 Å². The molecule has 0 radical (unpaired) electrons. The first kappa shape index (κ1) is 15.1. The van der Waals surface area contributed by atoms with Crippen molar-refractivity contribution in [3.05, 3.63) is 55.7 Å². The molecular weight excluding hydrogens is 405 g/mol. The molecule has 0 nitrogen and oxygen atoms in total. The van der Waals surface area contributed by atoms with Gasteiger partial charge in [0.15, 0.2) is 0 Å². The minimum atomic E-state index is -4.29. The molecule has 1 aromatic heterocycles. The molecule has 2 rings (SSSR count). The second kappa shape index (κ2) is 5.58. The van der Waals surface area contributed by atoms with Gasteiger partial charge in [-0.15, -0.1) is 11.3 Å². The maximum atomic E-state index is 12.5. The summed E-state index contributed by atoms with van der Waals surface area (Å²) in [5.74, 6) is 0. The molecule has 0 bridgehead atoms. The van der Waals surface area contributed by atoms with E-state index in [2.05, 4.69) is 31.9 Å². The number of thiophene rings is 1. The van der Waals surface area contributed by atoms with Gasteiger partial charge in [0.25, 0.3) is 0 Å². The molecule has 0 saturated carbocycles. The van der Waals surface area contributed by atoms with Crippen molar-refractivity contribution in [3.63, 3.8) is 0 Å². The summed E-state index contributed by atoms with van der Waals surface area (Å²) in [7, 11) is 0. The Labute approximate surface area is 129 Å². The van der Waals surface area contributed by atoms with Crippen molar-refractivity contribution in [2.24, 2.45) is 0 Å². The van der Waals surface area contributed by atoms with Crippen LogP contribution in [-0.2, 0) is 6.18 Å². The summed E-state index contributed by atoms with van der Waals surface area (Å²) in [6, 6.07) is 7.25. The van der Waals surface area contributed by atoms with Gasteiger partial charge in [0.05, 0.1) is 14.2 Å². The van der Waals surface area contributed by atoms with Crippen LogP contribution in [0, 0.1) is 6.92 Å². The van der Waals surface area contributed by atoms with E-state index in [-0.39, 0.29) is 4.83 Å². The molecule has 0 aliphatic carbocycles. The lowest BCUT2D eigenvalue weighted by molar-refractivity contribution is -0.137. The highest BCUT2D eigenvalue weighted by molar-refractivity contribution is 9.11. The van der Waals surface area contributed by atoms with E-state index in [0.717, 1.165) is 31.9 Å². The second-order valence-corrected chi connectivity index (χ2v) is 7.41. The van der Waals surface area contributed by atoms with E-state index >= 15 is 0 Å². The zero-order valence-electron chi connectivity index (χ0n) is 9.76. The smallest absolute Gasteiger partial charge is 0.166 e. The summed E-state index contributed by atoms with van der Waals surface area (Å²) in [5, 5.41) is 0. The third-order valence-corrected chi connectivity index (χ3v) is 6.18. The molecule has 0 amide bonds. The Kier molecular flexibility index (Phi) is 4.42. The Morgan fingerprint density at radius 1 is 1.16 bits per heavy atom. The van der Waals surface area contributed by atoms with Crippen LogP contribution in [0.3, 0.4) is 0 Å². The zero-order valence-corrected chi connectivity index (χ0v) is 13.8. The predicted octanol–water partition coefficient (Wildman–Crippen LogP) is 6.32. The van der Waals surface area contributed by atoms with Crippen molar-refractivity contribution in [2.75, 3.05) is 0 Å². The van der Waals surface area contributed by atoms with E-state index in [1.54, 1.807) is 11.3 Å². The highest BCUT2D eigenvalue weighted by atomic mass is 79.9. The molecule has 0 spiro atoms. The summed E-state index contributed by atoms with van der Waals surface area (Å²) in [5.41, 5.74) is 1.30. The Morgan fingerprint density at radius 2 is 1.74 bits per heavy atom. The average Bonchev–Trinajstić information content (AvgIpc) is 2.68. The number of hydrogen-bond donors (Lipinski definition) is 0. The zero-order chi connectivity index (χ0) is 14.2. The van der Waals surface area contributed by atoms with Crippen molar-refractivity contribution < 1.29 is 13.2 Å². The molecule has 0 aliphatic heterocycles. The van der Waals surface area contributed by atoms with Crippen molar-refractivity contribution >= 4 is 43.2 Å². The average molecular weight is 414 g/mol. The summed E-state index contributed by atoms with van der Waals surface area (Å²) in [6.07, 6.45) is -4.29. The third-order valence-electron chi connectivity index (χ3n) is 2.66. The van der Waals surface area contributed by atoms with Gasteiger partial charge in [-0.05, 0) is 52.2 Å². The lowest BCUT2D eigenvalue weighted by atomic mass is 10.1. The van der Waals surface area contributed by atoms with Gasteiger partial charge in [0.2, 0.25) is 0 Å². The standard InChI is InChI=1S/C13H9Br2F3S/c1-7-6-10(19-12(7)15)11(14)8-2-4-9(5-3-8)13(16,17)18/h2-6,11H,1H3. The molecule has 6 heteroatoms. The number of halogens is 5. The molecule has 2 aromatic rings. The first-order valence-electron chi connectivity index (χ1n) is 5.36. The van der Waals surface area contributed by atoms with Crippen molar-refractivity contribution in [2.45, 2.75) is 17.9 Å². The van der Waals surface area contributed by atoms with E-state index < -0.39 is 11.7 Å². The van der Waals surface area contributed by atoms with E-state index in [4.69, 9.17) is 0 Å². The molecule has 1 atom stereocenters.